The summed E-state index contributed by atoms with van der Waals surface area (Å²) in [5.74, 6) is -0.797. The highest BCUT2D eigenvalue weighted by Crippen LogP contribution is 2.23. The number of hydrogen-bond acceptors (Lipinski definition) is 6. The molecular weight excluding hydrogens is 281 g/mol. The van der Waals surface area contributed by atoms with E-state index >= 15 is 0 Å². The second kappa shape index (κ2) is 6.25. The van der Waals surface area contributed by atoms with E-state index in [2.05, 4.69) is 20.2 Å². The van der Waals surface area contributed by atoms with Crippen molar-refractivity contribution in [2.24, 2.45) is 5.10 Å². The smallest absolute Gasteiger partial charge is 0.350 e. The predicted molar refractivity (Wildman–Crippen MR) is 75.8 cm³/mol. The van der Waals surface area contributed by atoms with E-state index < -0.39 is 5.97 Å². The van der Waals surface area contributed by atoms with Crippen molar-refractivity contribution in [3.63, 3.8) is 0 Å². The summed E-state index contributed by atoms with van der Waals surface area (Å²) in [6.45, 7) is 1.70. The molecule has 0 spiro atoms. The van der Waals surface area contributed by atoms with Crippen LogP contribution in [0.5, 0.6) is 0 Å². The number of hydrogen-bond donors (Lipinski definition) is 1. The van der Waals surface area contributed by atoms with Crippen molar-refractivity contribution < 1.29 is 13.9 Å². The molecule has 1 heterocycles. The van der Waals surface area contributed by atoms with Gasteiger partial charge >= 0.3 is 5.97 Å². The van der Waals surface area contributed by atoms with Gasteiger partial charge in [0.2, 0.25) is 5.13 Å². The van der Waals surface area contributed by atoms with Crippen molar-refractivity contribution in [3.8, 4) is 0 Å². The van der Waals surface area contributed by atoms with Gasteiger partial charge in [0.15, 0.2) is 0 Å². The number of aromatic nitrogens is 1. The van der Waals surface area contributed by atoms with Crippen LogP contribution in [-0.2, 0) is 4.74 Å². The van der Waals surface area contributed by atoms with Crippen LogP contribution in [0.25, 0.3) is 0 Å². The summed E-state index contributed by atoms with van der Waals surface area (Å²) >= 11 is 1.13. The summed E-state index contributed by atoms with van der Waals surface area (Å²) in [5, 5.41) is 4.33. The van der Waals surface area contributed by atoms with Gasteiger partial charge in [-0.05, 0) is 13.0 Å². The van der Waals surface area contributed by atoms with Gasteiger partial charge in [0.1, 0.15) is 10.7 Å². The fraction of sp³-hybridized carbons (Fsp3) is 0.154. The Kier molecular flexibility index (Phi) is 4.41. The van der Waals surface area contributed by atoms with E-state index in [0.717, 1.165) is 11.3 Å². The first kappa shape index (κ1) is 14.1. The number of carbonyl (C=O) groups is 1. The molecule has 5 nitrogen and oxygen atoms in total. The van der Waals surface area contributed by atoms with E-state index in [0.29, 0.717) is 21.3 Å². The highest BCUT2D eigenvalue weighted by molar-refractivity contribution is 7.17. The van der Waals surface area contributed by atoms with Gasteiger partial charge in [0.25, 0.3) is 0 Å². The number of anilines is 1. The Hall–Kier alpha value is -2.28. The molecule has 2 aromatic rings. The number of halogens is 1. The topological polar surface area (TPSA) is 63.6 Å². The van der Waals surface area contributed by atoms with Crippen molar-refractivity contribution in [2.45, 2.75) is 6.92 Å². The van der Waals surface area contributed by atoms with Gasteiger partial charge in [-0.2, -0.15) is 5.10 Å². The lowest BCUT2D eigenvalue weighted by atomic mass is 10.2. The zero-order valence-corrected chi connectivity index (χ0v) is 11.7. The number of nitrogens with zero attached hydrogens (tertiary/aromatic N) is 2. The van der Waals surface area contributed by atoms with Gasteiger partial charge in [-0.1, -0.05) is 29.5 Å². The molecule has 0 saturated heterocycles. The molecule has 104 valence electrons. The van der Waals surface area contributed by atoms with Crippen LogP contribution in [0.3, 0.4) is 0 Å². The number of rotatable bonds is 4. The fourth-order valence-corrected chi connectivity index (χ4v) is 2.30. The molecule has 0 amide bonds. The summed E-state index contributed by atoms with van der Waals surface area (Å²) in [5.41, 5.74) is 3.59. The molecule has 0 fully saturated rings. The SMILES string of the molecule is COC(=O)c1sc(N/N=C/c2ccccc2F)nc1C. The van der Waals surface area contributed by atoms with Gasteiger partial charge in [-0.3, -0.25) is 5.43 Å². The Balaban J connectivity index is 2.08. The van der Waals surface area contributed by atoms with Gasteiger partial charge in [-0.25, -0.2) is 14.2 Å². The predicted octanol–water partition coefficient (Wildman–Crippen LogP) is 2.82. The van der Waals surface area contributed by atoms with E-state index in [1.54, 1.807) is 25.1 Å². The number of nitrogens with one attached hydrogen (secondary N) is 1. The normalized spacial score (nSPS) is 10.8. The summed E-state index contributed by atoms with van der Waals surface area (Å²) in [7, 11) is 1.31. The Morgan fingerprint density at radius 1 is 1.50 bits per heavy atom. The Morgan fingerprint density at radius 2 is 2.25 bits per heavy atom. The third-order valence-electron chi connectivity index (χ3n) is 2.44. The highest BCUT2D eigenvalue weighted by Gasteiger charge is 2.15. The second-order valence-electron chi connectivity index (χ2n) is 3.82. The largest absolute Gasteiger partial charge is 0.465 e. The zero-order chi connectivity index (χ0) is 14.5. The number of methoxy groups -OCH3 is 1. The lowest BCUT2D eigenvalue weighted by Crippen LogP contribution is -1.99. The average Bonchev–Trinajstić information content (AvgIpc) is 2.81. The van der Waals surface area contributed by atoms with Crippen LogP contribution in [0.15, 0.2) is 29.4 Å². The van der Waals surface area contributed by atoms with Crippen LogP contribution in [0, 0.1) is 12.7 Å². The van der Waals surface area contributed by atoms with Crippen LogP contribution >= 0.6 is 11.3 Å². The molecule has 7 heteroatoms. The average molecular weight is 293 g/mol. The van der Waals surface area contributed by atoms with E-state index in [9.17, 15) is 9.18 Å². The van der Waals surface area contributed by atoms with Crippen LogP contribution in [-0.4, -0.2) is 24.3 Å². The maximum atomic E-state index is 13.3. The van der Waals surface area contributed by atoms with E-state index in [1.165, 1.54) is 19.4 Å². The number of aryl methyl sites for hydroxylation is 1. The van der Waals surface area contributed by atoms with Crippen molar-refractivity contribution in [1.82, 2.24) is 4.98 Å². The Labute approximate surface area is 119 Å². The molecule has 1 aromatic carbocycles. The minimum Gasteiger partial charge on any atom is -0.465 e. The summed E-state index contributed by atoms with van der Waals surface area (Å²) in [4.78, 5) is 16.0. The van der Waals surface area contributed by atoms with E-state index in [-0.39, 0.29) is 5.82 Å². The zero-order valence-electron chi connectivity index (χ0n) is 10.9. The van der Waals surface area contributed by atoms with Crippen molar-refractivity contribution in [3.05, 3.63) is 46.2 Å². The number of thiazole rings is 1. The lowest BCUT2D eigenvalue weighted by molar-refractivity contribution is 0.0605. The number of benzene rings is 1. The molecule has 20 heavy (non-hydrogen) atoms. The van der Waals surface area contributed by atoms with Crippen LogP contribution < -0.4 is 5.43 Å². The minimum atomic E-state index is -0.439. The van der Waals surface area contributed by atoms with Gasteiger partial charge in [0.05, 0.1) is 19.0 Å². The standard InChI is InChI=1S/C13H12FN3O2S/c1-8-11(12(18)19-2)20-13(16-8)17-15-7-9-5-3-4-6-10(9)14/h3-7H,1-2H3,(H,16,17)/b15-7+. The van der Waals surface area contributed by atoms with Crippen LogP contribution in [0.4, 0.5) is 9.52 Å². The molecule has 0 saturated carbocycles. The summed E-state index contributed by atoms with van der Waals surface area (Å²) in [6, 6.07) is 6.28. The third kappa shape index (κ3) is 3.18. The van der Waals surface area contributed by atoms with Crippen molar-refractivity contribution in [1.29, 1.82) is 0 Å². The fourth-order valence-electron chi connectivity index (χ4n) is 1.46. The molecule has 2 rings (SSSR count). The molecule has 0 aliphatic heterocycles. The molecule has 0 radical (unpaired) electrons. The summed E-state index contributed by atoms with van der Waals surface area (Å²) < 4.78 is 18.0. The van der Waals surface area contributed by atoms with Gasteiger partial charge in [-0.15, -0.1) is 0 Å². The molecule has 1 aromatic heterocycles. The molecule has 0 aliphatic rings. The van der Waals surface area contributed by atoms with Crippen molar-refractivity contribution >= 4 is 28.7 Å². The lowest BCUT2D eigenvalue weighted by Gasteiger charge is -1.95. The molecule has 0 bridgehead atoms. The first-order valence-corrected chi connectivity index (χ1v) is 6.53. The first-order valence-electron chi connectivity index (χ1n) is 5.71. The second-order valence-corrected chi connectivity index (χ2v) is 4.82. The van der Waals surface area contributed by atoms with Crippen molar-refractivity contribution in [2.75, 3.05) is 12.5 Å². The Morgan fingerprint density at radius 3 is 2.95 bits per heavy atom. The molecule has 0 atom stereocenters. The maximum absolute atomic E-state index is 13.3. The van der Waals surface area contributed by atoms with E-state index in [1.807, 2.05) is 0 Å². The monoisotopic (exact) mass is 293 g/mol. The quantitative estimate of drug-likeness (QED) is 0.535. The molecule has 0 aliphatic carbocycles. The number of ether oxygens (including phenoxy) is 1. The van der Waals surface area contributed by atoms with E-state index in [4.69, 9.17) is 0 Å². The highest BCUT2D eigenvalue weighted by atomic mass is 32.1. The van der Waals surface area contributed by atoms with Gasteiger partial charge in [0, 0.05) is 5.56 Å². The molecule has 0 unspecified atom stereocenters. The third-order valence-corrected chi connectivity index (χ3v) is 3.48. The number of hydrazone groups is 1. The van der Waals surface area contributed by atoms with Crippen LogP contribution in [0.2, 0.25) is 0 Å². The van der Waals surface area contributed by atoms with Gasteiger partial charge < -0.3 is 4.74 Å². The van der Waals surface area contributed by atoms with Crippen LogP contribution in [0.1, 0.15) is 20.9 Å². The minimum absolute atomic E-state index is 0.358. The maximum Gasteiger partial charge on any atom is 0.350 e. The Bertz CT molecular complexity index is 655. The first-order chi connectivity index (χ1) is 9.61. The number of carbonyl (C=O) groups excluding carboxylic acids is 1. The summed E-state index contributed by atoms with van der Waals surface area (Å²) in [6.07, 6.45) is 1.35. The molecular formula is C13H12FN3O2S. The number of esters is 1. The molecule has 1 N–H and O–H groups in total.